The molecule has 1 N–H and O–H groups in total. The molecule has 0 bridgehead atoms. The van der Waals surface area contributed by atoms with Crippen molar-refractivity contribution >= 4 is 44.5 Å². The van der Waals surface area contributed by atoms with Crippen molar-refractivity contribution in [3.05, 3.63) is 28.5 Å². The van der Waals surface area contributed by atoms with E-state index in [1.165, 1.54) is 0 Å². The first-order valence-corrected chi connectivity index (χ1v) is 7.94. The average Bonchev–Trinajstić information content (AvgIpc) is 2.82. The highest BCUT2D eigenvalue weighted by molar-refractivity contribution is 9.10. The Morgan fingerprint density at radius 1 is 1.52 bits per heavy atom. The average molecular weight is 375 g/mol. The molecule has 1 heterocycles. The van der Waals surface area contributed by atoms with Gasteiger partial charge in [-0.2, -0.15) is 0 Å². The molecule has 0 saturated carbocycles. The van der Waals surface area contributed by atoms with Gasteiger partial charge in [0.05, 0.1) is 23.5 Å². The smallest absolute Gasteiger partial charge is 0.221 e. The zero-order valence-electron chi connectivity index (χ0n) is 11.7. The van der Waals surface area contributed by atoms with Gasteiger partial charge in [-0.3, -0.25) is 4.79 Å². The second kappa shape index (κ2) is 7.77. The van der Waals surface area contributed by atoms with E-state index in [2.05, 4.69) is 26.2 Å². The molecule has 2 aromatic rings. The lowest BCUT2D eigenvalue weighted by Crippen LogP contribution is -2.27. The van der Waals surface area contributed by atoms with Crippen molar-refractivity contribution < 1.29 is 9.53 Å². The highest BCUT2D eigenvalue weighted by Crippen LogP contribution is 2.22. The number of hydrogen-bond donors (Lipinski definition) is 1. The summed E-state index contributed by atoms with van der Waals surface area (Å²) >= 11 is 9.40. The molecule has 5 nitrogen and oxygen atoms in total. The Bertz CT molecular complexity index is 630. The monoisotopic (exact) mass is 373 g/mol. The van der Waals surface area contributed by atoms with E-state index in [9.17, 15) is 4.79 Å². The van der Waals surface area contributed by atoms with Crippen molar-refractivity contribution in [2.75, 3.05) is 20.3 Å². The van der Waals surface area contributed by atoms with Gasteiger partial charge in [-0.1, -0.05) is 15.9 Å². The molecular weight excluding hydrogens is 358 g/mol. The molecule has 114 valence electrons. The van der Waals surface area contributed by atoms with E-state index < -0.39 is 0 Å². The number of nitrogens with zero attached hydrogens (tertiary/aromatic N) is 2. The topological polar surface area (TPSA) is 56.1 Å². The van der Waals surface area contributed by atoms with Crippen molar-refractivity contribution in [1.29, 1.82) is 0 Å². The van der Waals surface area contributed by atoms with Crippen LogP contribution >= 0.6 is 27.5 Å². The van der Waals surface area contributed by atoms with Gasteiger partial charge < -0.3 is 14.6 Å². The lowest BCUT2D eigenvalue weighted by atomic mass is 10.3. The van der Waals surface area contributed by atoms with Gasteiger partial charge in [-0.15, -0.1) is 11.6 Å². The molecule has 0 spiro atoms. The van der Waals surface area contributed by atoms with E-state index in [-0.39, 0.29) is 5.91 Å². The molecule has 21 heavy (non-hydrogen) atoms. The molecule has 0 aliphatic heterocycles. The number of hydrogen-bond acceptors (Lipinski definition) is 3. The summed E-state index contributed by atoms with van der Waals surface area (Å²) in [4.78, 5) is 16.3. The van der Waals surface area contributed by atoms with Crippen molar-refractivity contribution in [3.63, 3.8) is 0 Å². The highest BCUT2D eigenvalue weighted by atomic mass is 79.9. The largest absolute Gasteiger partial charge is 0.383 e. The predicted molar refractivity (Wildman–Crippen MR) is 86.5 cm³/mol. The van der Waals surface area contributed by atoms with Crippen LogP contribution in [-0.2, 0) is 22.0 Å². The molecule has 0 unspecified atom stereocenters. The minimum atomic E-state index is -0.00980. The van der Waals surface area contributed by atoms with Crippen LogP contribution in [0.3, 0.4) is 0 Å². The maximum atomic E-state index is 11.8. The molecule has 2 rings (SSSR count). The second-order valence-corrected chi connectivity index (χ2v) is 5.72. The first-order chi connectivity index (χ1) is 10.2. The number of imidazole rings is 1. The number of aromatic nitrogens is 2. The normalized spacial score (nSPS) is 11.0. The van der Waals surface area contributed by atoms with Crippen LogP contribution in [0.2, 0.25) is 0 Å². The minimum Gasteiger partial charge on any atom is -0.383 e. The van der Waals surface area contributed by atoms with Crippen LogP contribution in [0.1, 0.15) is 12.2 Å². The Labute approximate surface area is 136 Å². The number of benzene rings is 1. The van der Waals surface area contributed by atoms with E-state index in [0.29, 0.717) is 32.0 Å². The summed E-state index contributed by atoms with van der Waals surface area (Å²) in [6.45, 7) is 1.58. The number of aryl methyl sites for hydroxylation is 1. The van der Waals surface area contributed by atoms with Crippen molar-refractivity contribution in [2.45, 2.75) is 18.8 Å². The van der Waals surface area contributed by atoms with E-state index in [0.717, 1.165) is 21.3 Å². The standard InChI is InChI=1S/C14H17BrClN3O2/c1-21-7-5-17-14(20)4-6-19-12-8-10(15)2-3-11(12)18-13(19)9-16/h2-3,8H,4-7,9H2,1H3,(H,17,20). The zero-order valence-corrected chi connectivity index (χ0v) is 14.1. The third-order valence-electron chi connectivity index (χ3n) is 3.10. The van der Waals surface area contributed by atoms with Crippen LogP contribution < -0.4 is 5.32 Å². The quantitative estimate of drug-likeness (QED) is 0.599. The van der Waals surface area contributed by atoms with E-state index in [1.807, 2.05) is 22.8 Å². The molecule has 0 atom stereocenters. The number of rotatable bonds is 7. The van der Waals surface area contributed by atoms with Crippen molar-refractivity contribution in [2.24, 2.45) is 0 Å². The number of carbonyl (C=O) groups is 1. The molecule has 0 saturated heterocycles. The van der Waals surface area contributed by atoms with Gasteiger partial charge in [0.2, 0.25) is 5.91 Å². The van der Waals surface area contributed by atoms with Gasteiger partial charge in [0.25, 0.3) is 0 Å². The first kappa shape index (κ1) is 16.3. The summed E-state index contributed by atoms with van der Waals surface area (Å²) in [5.74, 6) is 1.08. The summed E-state index contributed by atoms with van der Waals surface area (Å²) in [7, 11) is 1.61. The second-order valence-electron chi connectivity index (χ2n) is 4.54. The first-order valence-electron chi connectivity index (χ1n) is 6.62. The Morgan fingerprint density at radius 3 is 3.05 bits per heavy atom. The van der Waals surface area contributed by atoms with E-state index in [4.69, 9.17) is 16.3 Å². The number of fused-ring (bicyclic) bond motifs is 1. The van der Waals surface area contributed by atoms with Gasteiger partial charge in [-0.25, -0.2) is 4.98 Å². The fourth-order valence-corrected chi connectivity index (χ4v) is 2.64. The van der Waals surface area contributed by atoms with Gasteiger partial charge >= 0.3 is 0 Å². The molecule has 0 radical (unpaired) electrons. The zero-order chi connectivity index (χ0) is 15.2. The summed E-state index contributed by atoms with van der Waals surface area (Å²) in [5.41, 5.74) is 1.86. The Morgan fingerprint density at radius 2 is 2.33 bits per heavy atom. The number of alkyl halides is 1. The molecule has 7 heteroatoms. The number of methoxy groups -OCH3 is 1. The summed E-state index contributed by atoms with van der Waals surface area (Å²) in [6, 6.07) is 5.86. The number of amides is 1. The summed E-state index contributed by atoms with van der Waals surface area (Å²) < 4.78 is 7.86. The van der Waals surface area contributed by atoms with Crippen LogP contribution in [0, 0.1) is 0 Å². The van der Waals surface area contributed by atoms with E-state index in [1.54, 1.807) is 7.11 Å². The Hall–Kier alpha value is -1.11. The fourth-order valence-electron chi connectivity index (χ4n) is 2.09. The predicted octanol–water partition coefficient (Wildman–Crippen LogP) is 2.69. The minimum absolute atomic E-state index is 0.00980. The van der Waals surface area contributed by atoms with Gasteiger partial charge in [0.15, 0.2) is 0 Å². The lowest BCUT2D eigenvalue weighted by molar-refractivity contribution is -0.121. The van der Waals surface area contributed by atoms with Crippen LogP contribution in [0.25, 0.3) is 11.0 Å². The number of halogens is 2. The maximum absolute atomic E-state index is 11.8. The SMILES string of the molecule is COCCNC(=O)CCn1c(CCl)nc2ccc(Br)cc21. The van der Waals surface area contributed by atoms with Crippen LogP contribution in [0.4, 0.5) is 0 Å². The van der Waals surface area contributed by atoms with Crippen LogP contribution in [-0.4, -0.2) is 35.7 Å². The molecule has 0 fully saturated rings. The van der Waals surface area contributed by atoms with Crippen LogP contribution in [0.5, 0.6) is 0 Å². The van der Waals surface area contributed by atoms with Gasteiger partial charge in [0.1, 0.15) is 5.82 Å². The molecule has 0 aliphatic carbocycles. The maximum Gasteiger partial charge on any atom is 0.221 e. The fraction of sp³-hybridized carbons (Fsp3) is 0.429. The molecule has 1 aromatic carbocycles. The third kappa shape index (κ3) is 4.18. The molecule has 1 aromatic heterocycles. The number of nitrogens with one attached hydrogen (secondary N) is 1. The van der Waals surface area contributed by atoms with Crippen LogP contribution in [0.15, 0.2) is 22.7 Å². The number of carbonyl (C=O) groups excluding carboxylic acids is 1. The van der Waals surface area contributed by atoms with E-state index >= 15 is 0 Å². The third-order valence-corrected chi connectivity index (χ3v) is 3.83. The summed E-state index contributed by atoms with van der Waals surface area (Å²) in [5, 5.41) is 2.80. The van der Waals surface area contributed by atoms with Gasteiger partial charge in [-0.05, 0) is 18.2 Å². The van der Waals surface area contributed by atoms with Crippen molar-refractivity contribution in [1.82, 2.24) is 14.9 Å². The highest BCUT2D eigenvalue weighted by Gasteiger charge is 2.11. The lowest BCUT2D eigenvalue weighted by Gasteiger charge is -2.08. The Balaban J connectivity index is 2.10. The molecule has 1 amide bonds. The van der Waals surface area contributed by atoms with Crippen molar-refractivity contribution in [3.8, 4) is 0 Å². The summed E-state index contributed by atoms with van der Waals surface area (Å²) in [6.07, 6.45) is 0.381. The van der Waals surface area contributed by atoms with Gasteiger partial charge in [0, 0.05) is 31.1 Å². The molecule has 0 aliphatic rings. The number of ether oxygens (including phenoxy) is 1. The molecular formula is C14H17BrClN3O2. The Kier molecular flexibility index (Phi) is 6.02.